The van der Waals surface area contributed by atoms with Gasteiger partial charge < -0.3 is 10.6 Å². The first-order chi connectivity index (χ1) is 6.65. The smallest absolute Gasteiger partial charge is 0.335 e. The van der Waals surface area contributed by atoms with Gasteiger partial charge in [-0.25, -0.2) is 4.79 Å². The van der Waals surface area contributed by atoms with E-state index >= 15 is 0 Å². The number of Topliss-reactive ketones (excluding diaryl/α,β-unsaturated/α-hetero) is 1. The molecule has 0 aliphatic heterocycles. The summed E-state index contributed by atoms with van der Waals surface area (Å²) in [5.41, 5.74) is 8.29. The van der Waals surface area contributed by atoms with Crippen LogP contribution in [0.25, 0.3) is 5.53 Å². The summed E-state index contributed by atoms with van der Waals surface area (Å²) in [5, 5.41) is 8.63. The van der Waals surface area contributed by atoms with Crippen molar-refractivity contribution in [1.29, 1.82) is 0 Å². The van der Waals surface area contributed by atoms with Crippen LogP contribution in [0.4, 0.5) is 0 Å². The topological polar surface area (TPSA) is 90.8 Å². The number of hydrogen-bond acceptors (Lipinski definition) is 2. The van der Waals surface area contributed by atoms with Crippen LogP contribution in [0.1, 0.15) is 20.7 Å². The van der Waals surface area contributed by atoms with Crippen LogP contribution < -0.4 is 0 Å². The van der Waals surface area contributed by atoms with Gasteiger partial charge in [0.1, 0.15) is 0 Å². The predicted octanol–water partition coefficient (Wildman–Crippen LogP) is 0.868. The van der Waals surface area contributed by atoms with E-state index in [1.165, 1.54) is 24.3 Å². The maximum Gasteiger partial charge on any atom is 0.335 e. The van der Waals surface area contributed by atoms with Gasteiger partial charge in [0.15, 0.2) is 0 Å². The molecule has 0 saturated heterocycles. The van der Waals surface area contributed by atoms with E-state index in [1.54, 1.807) is 0 Å². The van der Waals surface area contributed by atoms with E-state index in [1.807, 2.05) is 0 Å². The summed E-state index contributed by atoms with van der Waals surface area (Å²) in [5.74, 6) is -1.66. The zero-order chi connectivity index (χ0) is 10.6. The van der Waals surface area contributed by atoms with Crippen molar-refractivity contribution in [2.75, 3.05) is 0 Å². The van der Waals surface area contributed by atoms with Crippen LogP contribution in [0.2, 0.25) is 0 Å². The first-order valence-corrected chi connectivity index (χ1v) is 3.70. The summed E-state index contributed by atoms with van der Waals surface area (Å²) in [6, 6.07) is 5.47. The molecule has 0 atom stereocenters. The minimum Gasteiger partial charge on any atom is -0.478 e. The van der Waals surface area contributed by atoms with Gasteiger partial charge in [-0.05, 0) is 12.1 Å². The highest BCUT2D eigenvalue weighted by Crippen LogP contribution is 2.05. The largest absolute Gasteiger partial charge is 0.478 e. The van der Waals surface area contributed by atoms with Gasteiger partial charge in [-0.1, -0.05) is 12.1 Å². The molecule has 0 aliphatic carbocycles. The fraction of sp³-hybridized carbons (Fsp3) is 0. The third-order valence-corrected chi connectivity index (χ3v) is 1.57. The average Bonchev–Trinajstić information content (AvgIpc) is 2.18. The van der Waals surface area contributed by atoms with Crippen molar-refractivity contribution in [3.05, 3.63) is 40.9 Å². The molecule has 0 spiro atoms. The second kappa shape index (κ2) is 4.11. The number of rotatable bonds is 3. The van der Waals surface area contributed by atoms with Crippen molar-refractivity contribution in [2.24, 2.45) is 0 Å². The molecule has 1 aromatic rings. The van der Waals surface area contributed by atoms with E-state index in [0.29, 0.717) is 6.21 Å². The van der Waals surface area contributed by atoms with E-state index in [2.05, 4.69) is 4.79 Å². The van der Waals surface area contributed by atoms with Gasteiger partial charge in [0.2, 0.25) is 0 Å². The normalized spacial score (nSPS) is 8.86. The SMILES string of the molecule is [N-]=[N+]=CC(=O)c1cccc(C(=O)O)c1. The fourth-order valence-electron chi connectivity index (χ4n) is 0.932. The van der Waals surface area contributed by atoms with E-state index in [-0.39, 0.29) is 11.1 Å². The summed E-state index contributed by atoms with van der Waals surface area (Å²) in [6.45, 7) is 0. The van der Waals surface area contributed by atoms with E-state index in [9.17, 15) is 9.59 Å². The molecule has 0 saturated carbocycles. The van der Waals surface area contributed by atoms with Crippen molar-refractivity contribution in [3.63, 3.8) is 0 Å². The van der Waals surface area contributed by atoms with Crippen molar-refractivity contribution in [2.45, 2.75) is 0 Å². The predicted molar refractivity (Wildman–Crippen MR) is 47.4 cm³/mol. The minimum absolute atomic E-state index is 0.0159. The summed E-state index contributed by atoms with van der Waals surface area (Å²) in [4.78, 5) is 24.2. The Kier molecular flexibility index (Phi) is 2.89. The maximum absolute atomic E-state index is 11.1. The molecule has 0 heterocycles. The molecule has 14 heavy (non-hydrogen) atoms. The Morgan fingerprint density at radius 3 is 2.57 bits per heavy atom. The highest BCUT2D eigenvalue weighted by atomic mass is 16.4. The Hall–Kier alpha value is -2.26. The molecule has 5 heteroatoms. The molecule has 0 aromatic heterocycles. The lowest BCUT2D eigenvalue weighted by atomic mass is 10.1. The van der Waals surface area contributed by atoms with Crippen molar-refractivity contribution in [1.82, 2.24) is 0 Å². The molecule has 0 bridgehead atoms. The molecule has 0 amide bonds. The molecule has 1 rings (SSSR count). The van der Waals surface area contributed by atoms with E-state index < -0.39 is 11.8 Å². The van der Waals surface area contributed by atoms with Gasteiger partial charge in [-0.2, -0.15) is 4.79 Å². The highest BCUT2D eigenvalue weighted by Gasteiger charge is 2.09. The molecule has 70 valence electrons. The molecular weight excluding hydrogens is 184 g/mol. The molecule has 0 unspecified atom stereocenters. The number of carboxylic acids is 1. The zero-order valence-electron chi connectivity index (χ0n) is 7.04. The lowest BCUT2D eigenvalue weighted by Gasteiger charge is -1.95. The molecule has 1 N–H and O–H groups in total. The van der Waals surface area contributed by atoms with E-state index in [0.717, 1.165) is 0 Å². The molecule has 0 fully saturated rings. The molecular formula is C9H6N2O3. The second-order valence-corrected chi connectivity index (χ2v) is 2.49. The van der Waals surface area contributed by atoms with Crippen LogP contribution in [0, 0.1) is 0 Å². The van der Waals surface area contributed by atoms with Crippen LogP contribution in [0.5, 0.6) is 0 Å². The standard InChI is InChI=1S/C9H6N2O3/c10-11-5-8(12)6-2-1-3-7(4-6)9(13)14/h1-5H,(H,13,14). The van der Waals surface area contributed by atoms with Crippen molar-refractivity contribution < 1.29 is 19.5 Å². The van der Waals surface area contributed by atoms with Crippen molar-refractivity contribution in [3.8, 4) is 0 Å². The summed E-state index contributed by atoms with van der Waals surface area (Å²) in [6.07, 6.45) is 0.709. The lowest BCUT2D eigenvalue weighted by Crippen LogP contribution is -2.03. The van der Waals surface area contributed by atoms with Gasteiger partial charge in [-0.15, -0.1) is 0 Å². The zero-order valence-corrected chi connectivity index (χ0v) is 7.04. The number of aromatic carboxylic acids is 1. The summed E-state index contributed by atoms with van der Waals surface area (Å²) < 4.78 is 0. The fourth-order valence-corrected chi connectivity index (χ4v) is 0.932. The lowest BCUT2D eigenvalue weighted by molar-refractivity contribution is 0.00234. The number of carbonyl (C=O) groups excluding carboxylic acids is 1. The van der Waals surface area contributed by atoms with Crippen LogP contribution in [-0.4, -0.2) is 27.9 Å². The van der Waals surface area contributed by atoms with Gasteiger partial charge >= 0.3 is 12.2 Å². The molecule has 5 nitrogen and oxygen atoms in total. The average molecular weight is 190 g/mol. The Labute approximate surface area is 79.2 Å². The van der Waals surface area contributed by atoms with Gasteiger partial charge in [0.05, 0.1) is 5.56 Å². The Bertz CT molecular complexity index is 433. The third kappa shape index (κ3) is 2.12. The summed E-state index contributed by atoms with van der Waals surface area (Å²) in [7, 11) is 0. The van der Waals surface area contributed by atoms with Crippen LogP contribution in [0.3, 0.4) is 0 Å². The van der Waals surface area contributed by atoms with Gasteiger partial charge in [0, 0.05) is 5.56 Å². The van der Waals surface area contributed by atoms with Gasteiger partial charge in [0.25, 0.3) is 5.78 Å². The van der Waals surface area contributed by atoms with E-state index in [4.69, 9.17) is 10.6 Å². The monoisotopic (exact) mass is 190 g/mol. The third-order valence-electron chi connectivity index (χ3n) is 1.57. The van der Waals surface area contributed by atoms with Crippen LogP contribution in [-0.2, 0) is 0 Å². The number of hydrogen-bond donors (Lipinski definition) is 1. The number of nitrogens with zero attached hydrogens (tertiary/aromatic N) is 2. The Balaban J connectivity index is 3.11. The number of carboxylic acid groups (broad SMARTS) is 1. The van der Waals surface area contributed by atoms with Crippen molar-refractivity contribution >= 4 is 18.0 Å². The maximum atomic E-state index is 11.1. The molecule has 0 radical (unpaired) electrons. The molecule has 0 aliphatic rings. The van der Waals surface area contributed by atoms with Gasteiger partial charge in [-0.3, -0.25) is 4.79 Å². The molecule has 1 aromatic carbocycles. The highest BCUT2D eigenvalue weighted by molar-refractivity contribution is 6.33. The number of ketones is 1. The first-order valence-electron chi connectivity index (χ1n) is 3.70. The Morgan fingerprint density at radius 1 is 1.36 bits per heavy atom. The van der Waals surface area contributed by atoms with Crippen LogP contribution in [0.15, 0.2) is 24.3 Å². The van der Waals surface area contributed by atoms with Crippen LogP contribution >= 0.6 is 0 Å². The summed E-state index contributed by atoms with van der Waals surface area (Å²) >= 11 is 0. The number of carbonyl (C=O) groups is 2. The number of benzene rings is 1. The quantitative estimate of drug-likeness (QED) is 0.331. The first kappa shape index (κ1) is 9.83. The minimum atomic E-state index is -1.11. The second-order valence-electron chi connectivity index (χ2n) is 2.49. The Morgan fingerprint density at radius 2 is 2.00 bits per heavy atom.